The molecule has 0 N–H and O–H groups in total. The average molecular weight is 666 g/mol. The molecule has 48 heavy (non-hydrogen) atoms. The standard InChI is InChI=1S/C38H39N3O6S/c1-5-46-37(44)33-34(27-11-7-6-8-12-27)39-38-41(35(33)28-16-14-26(15-17-28)24(2)3)36(43)31(48-38)22-25-13-18-29(30(21-25)45-4)47-23-32(42)40-19-9-10-20-40/h6-8,11-18,21-22,24,35H,5,9-10,19-20,23H2,1-4H3/b31-22+/t35-/m0/s1. The van der Waals surface area contributed by atoms with Gasteiger partial charge in [0, 0.05) is 18.7 Å². The first-order valence-electron chi connectivity index (χ1n) is 16.3. The maximum atomic E-state index is 14.3. The Morgan fingerprint density at radius 3 is 2.40 bits per heavy atom. The molecule has 0 saturated carbocycles. The van der Waals surface area contributed by atoms with E-state index in [0.717, 1.165) is 42.6 Å². The Labute approximate surface area is 283 Å². The molecule has 3 aromatic carbocycles. The summed E-state index contributed by atoms with van der Waals surface area (Å²) in [4.78, 5) is 47.7. The second-order valence-electron chi connectivity index (χ2n) is 12.0. The van der Waals surface area contributed by atoms with Crippen LogP contribution in [0, 0.1) is 0 Å². The van der Waals surface area contributed by atoms with Crippen LogP contribution < -0.4 is 24.4 Å². The highest BCUT2D eigenvalue weighted by atomic mass is 32.1. The zero-order valence-corrected chi connectivity index (χ0v) is 28.4. The lowest BCUT2D eigenvalue weighted by atomic mass is 9.91. The van der Waals surface area contributed by atoms with E-state index in [-0.39, 0.29) is 24.7 Å². The van der Waals surface area contributed by atoms with Crippen LogP contribution in [0.2, 0.25) is 0 Å². The van der Waals surface area contributed by atoms with Crippen LogP contribution in [0.5, 0.6) is 11.5 Å². The summed E-state index contributed by atoms with van der Waals surface area (Å²) in [6.45, 7) is 7.63. The largest absolute Gasteiger partial charge is 0.493 e. The number of amides is 1. The van der Waals surface area contributed by atoms with Gasteiger partial charge < -0.3 is 19.1 Å². The summed E-state index contributed by atoms with van der Waals surface area (Å²) in [5.41, 5.74) is 3.91. The van der Waals surface area contributed by atoms with Crippen LogP contribution in [0.15, 0.2) is 88.2 Å². The Kier molecular flexibility index (Phi) is 9.91. The molecule has 1 amide bonds. The van der Waals surface area contributed by atoms with E-state index >= 15 is 0 Å². The topological polar surface area (TPSA) is 99.4 Å². The van der Waals surface area contributed by atoms with Crippen molar-refractivity contribution in [2.45, 2.75) is 45.6 Å². The lowest BCUT2D eigenvalue weighted by Gasteiger charge is -2.26. The number of thiazole rings is 1. The van der Waals surface area contributed by atoms with Gasteiger partial charge in [0.2, 0.25) is 0 Å². The highest BCUT2D eigenvalue weighted by molar-refractivity contribution is 7.07. The van der Waals surface area contributed by atoms with Crippen molar-refractivity contribution >= 4 is 35.0 Å². The zero-order chi connectivity index (χ0) is 33.8. The molecule has 9 nitrogen and oxygen atoms in total. The molecule has 1 fully saturated rings. The zero-order valence-electron chi connectivity index (χ0n) is 27.6. The van der Waals surface area contributed by atoms with Crippen LogP contribution in [-0.4, -0.2) is 54.8 Å². The van der Waals surface area contributed by atoms with Gasteiger partial charge in [-0.05, 0) is 60.6 Å². The average Bonchev–Trinajstić information content (AvgIpc) is 3.76. The summed E-state index contributed by atoms with van der Waals surface area (Å²) in [7, 11) is 1.54. The molecule has 1 atom stereocenters. The Morgan fingerprint density at radius 1 is 1.00 bits per heavy atom. The molecule has 10 heteroatoms. The second kappa shape index (κ2) is 14.4. The molecule has 1 aromatic heterocycles. The third-order valence-corrected chi connectivity index (χ3v) is 9.57. The molecule has 0 unspecified atom stereocenters. The quantitative estimate of drug-likeness (QED) is 0.220. The molecule has 1 saturated heterocycles. The number of esters is 1. The van der Waals surface area contributed by atoms with Crippen LogP contribution in [-0.2, 0) is 14.3 Å². The monoisotopic (exact) mass is 665 g/mol. The van der Waals surface area contributed by atoms with Gasteiger partial charge in [-0.3, -0.25) is 14.2 Å². The van der Waals surface area contributed by atoms with Gasteiger partial charge in [0.05, 0.1) is 35.6 Å². The molecule has 6 rings (SSSR count). The summed E-state index contributed by atoms with van der Waals surface area (Å²) < 4.78 is 19.0. The van der Waals surface area contributed by atoms with Gasteiger partial charge in [0.1, 0.15) is 0 Å². The molecule has 2 aliphatic heterocycles. The van der Waals surface area contributed by atoms with E-state index in [1.807, 2.05) is 65.6 Å². The number of methoxy groups -OCH3 is 1. The highest BCUT2D eigenvalue weighted by Crippen LogP contribution is 2.36. The fourth-order valence-electron chi connectivity index (χ4n) is 6.06. The summed E-state index contributed by atoms with van der Waals surface area (Å²) in [5, 5.41) is 0. The minimum Gasteiger partial charge on any atom is -0.493 e. The van der Waals surface area contributed by atoms with E-state index in [4.69, 9.17) is 19.2 Å². The number of carbonyl (C=O) groups excluding carboxylic acids is 2. The van der Waals surface area contributed by atoms with Gasteiger partial charge in [-0.2, -0.15) is 0 Å². The summed E-state index contributed by atoms with van der Waals surface area (Å²) in [6, 6.07) is 22.1. The van der Waals surface area contributed by atoms with Crippen molar-refractivity contribution in [1.29, 1.82) is 0 Å². The summed E-state index contributed by atoms with van der Waals surface area (Å²) >= 11 is 1.25. The van der Waals surface area contributed by atoms with Crippen molar-refractivity contribution in [2.24, 2.45) is 4.99 Å². The molecule has 3 heterocycles. The van der Waals surface area contributed by atoms with Crippen LogP contribution in [0.1, 0.15) is 67.8 Å². The number of carbonyl (C=O) groups is 2. The second-order valence-corrected chi connectivity index (χ2v) is 13.0. The Hall–Kier alpha value is -4.96. The highest BCUT2D eigenvalue weighted by Gasteiger charge is 2.35. The molecular weight excluding hydrogens is 627 g/mol. The van der Waals surface area contributed by atoms with E-state index < -0.39 is 12.0 Å². The maximum absolute atomic E-state index is 14.3. The van der Waals surface area contributed by atoms with Crippen molar-refractivity contribution in [3.63, 3.8) is 0 Å². The minimum absolute atomic E-state index is 0.0507. The molecule has 2 aliphatic rings. The third kappa shape index (κ3) is 6.71. The van der Waals surface area contributed by atoms with E-state index in [9.17, 15) is 14.4 Å². The number of hydrogen-bond donors (Lipinski definition) is 0. The van der Waals surface area contributed by atoms with E-state index in [0.29, 0.717) is 43.6 Å². The van der Waals surface area contributed by atoms with Crippen LogP contribution >= 0.6 is 11.3 Å². The third-order valence-electron chi connectivity index (χ3n) is 8.59. The van der Waals surface area contributed by atoms with Crippen molar-refractivity contribution in [3.8, 4) is 11.5 Å². The first-order valence-corrected chi connectivity index (χ1v) is 17.1. The van der Waals surface area contributed by atoms with Crippen molar-refractivity contribution in [2.75, 3.05) is 33.4 Å². The molecule has 4 aromatic rings. The van der Waals surface area contributed by atoms with Gasteiger partial charge in [-0.15, -0.1) is 0 Å². The Bertz CT molecular complexity index is 2020. The van der Waals surface area contributed by atoms with Gasteiger partial charge in [-0.25, -0.2) is 9.79 Å². The maximum Gasteiger partial charge on any atom is 0.338 e. The fourth-order valence-corrected chi connectivity index (χ4v) is 7.06. The van der Waals surface area contributed by atoms with Crippen molar-refractivity contribution < 1.29 is 23.8 Å². The van der Waals surface area contributed by atoms with Crippen LogP contribution in [0.4, 0.5) is 0 Å². The number of likely N-dealkylation sites (tertiary alicyclic amines) is 1. The Morgan fingerprint density at radius 2 is 1.73 bits per heavy atom. The van der Waals surface area contributed by atoms with Crippen molar-refractivity contribution in [3.05, 3.63) is 120 Å². The number of hydrogen-bond acceptors (Lipinski definition) is 8. The molecule has 0 spiro atoms. The van der Waals surface area contributed by atoms with Gasteiger partial charge >= 0.3 is 5.97 Å². The molecule has 0 radical (unpaired) electrons. The van der Waals surface area contributed by atoms with Crippen molar-refractivity contribution in [1.82, 2.24) is 9.47 Å². The van der Waals surface area contributed by atoms with E-state index in [1.54, 1.807) is 29.7 Å². The number of rotatable bonds is 10. The smallest absolute Gasteiger partial charge is 0.338 e. The van der Waals surface area contributed by atoms with Crippen LogP contribution in [0.25, 0.3) is 11.8 Å². The number of benzene rings is 3. The minimum atomic E-state index is -0.752. The predicted octanol–water partition coefficient (Wildman–Crippen LogP) is 5.07. The first-order chi connectivity index (χ1) is 23.3. The normalized spacial score (nSPS) is 16.1. The molecular formula is C38H39N3O6S. The van der Waals surface area contributed by atoms with E-state index in [1.165, 1.54) is 18.4 Å². The number of fused-ring (bicyclic) bond motifs is 1. The first kappa shape index (κ1) is 33.0. The lowest BCUT2D eigenvalue weighted by Crippen LogP contribution is -2.40. The summed E-state index contributed by atoms with van der Waals surface area (Å²) in [6.07, 6.45) is 3.80. The molecule has 0 bridgehead atoms. The van der Waals surface area contributed by atoms with Gasteiger partial charge in [-0.1, -0.05) is 85.8 Å². The van der Waals surface area contributed by atoms with E-state index in [2.05, 4.69) is 13.8 Å². The lowest BCUT2D eigenvalue weighted by molar-refractivity contribution is -0.139. The van der Waals surface area contributed by atoms with Gasteiger partial charge in [0.25, 0.3) is 11.5 Å². The number of nitrogens with zero attached hydrogens (tertiary/aromatic N) is 3. The predicted molar refractivity (Wildman–Crippen MR) is 186 cm³/mol. The SMILES string of the molecule is CCOC(=O)C1=C(c2ccccc2)N=c2s/c(=C/c3ccc(OCC(=O)N4CCCC4)c(OC)c3)c(=O)n2[C@H]1c1ccc(C(C)C)cc1. The summed E-state index contributed by atoms with van der Waals surface area (Å²) in [5.74, 6) is 0.645. The fraction of sp³-hybridized carbons (Fsp3) is 0.316. The number of aromatic nitrogens is 1. The Balaban J connectivity index is 1.45. The molecule has 248 valence electrons. The van der Waals surface area contributed by atoms with Crippen LogP contribution in [0.3, 0.4) is 0 Å². The molecule has 0 aliphatic carbocycles. The van der Waals surface area contributed by atoms with Gasteiger partial charge in [0.15, 0.2) is 22.9 Å². The number of ether oxygens (including phenoxy) is 3.